The van der Waals surface area contributed by atoms with Crippen molar-refractivity contribution in [3.05, 3.63) is 64.8 Å². The van der Waals surface area contributed by atoms with Crippen molar-refractivity contribution in [1.29, 1.82) is 0 Å². The normalized spacial score (nSPS) is 18.5. The Bertz CT molecular complexity index is 1310. The maximum atomic E-state index is 15.6. The van der Waals surface area contributed by atoms with Gasteiger partial charge in [-0.05, 0) is 38.1 Å². The molecule has 204 valence electrons. The molecule has 0 saturated carbocycles. The third kappa shape index (κ3) is 6.15. The van der Waals surface area contributed by atoms with Gasteiger partial charge in [0.2, 0.25) is 5.43 Å². The van der Waals surface area contributed by atoms with Crippen molar-refractivity contribution in [3.63, 3.8) is 0 Å². The lowest BCUT2D eigenvalue weighted by atomic mass is 10.1. The summed E-state index contributed by atoms with van der Waals surface area (Å²) >= 11 is 0. The topological polar surface area (TPSA) is 102 Å². The van der Waals surface area contributed by atoms with E-state index in [0.717, 1.165) is 26.1 Å². The van der Waals surface area contributed by atoms with Crippen LogP contribution in [-0.2, 0) is 4.74 Å². The highest BCUT2D eigenvalue weighted by Crippen LogP contribution is 2.39. The van der Waals surface area contributed by atoms with Crippen LogP contribution in [0.1, 0.15) is 23.7 Å². The van der Waals surface area contributed by atoms with Gasteiger partial charge in [0.15, 0.2) is 11.6 Å². The summed E-state index contributed by atoms with van der Waals surface area (Å²) in [7, 11) is 1.72. The number of halogens is 1. The number of hydrogen-bond donors (Lipinski definition) is 2. The number of allylic oxidation sites excluding steroid dienone is 4. The monoisotopic (exact) mass is 525 g/mol. The van der Waals surface area contributed by atoms with E-state index in [1.807, 2.05) is 6.92 Å². The molecule has 1 amide bonds. The first-order chi connectivity index (χ1) is 18.3. The van der Waals surface area contributed by atoms with E-state index in [1.54, 1.807) is 40.8 Å². The molecule has 3 heterocycles. The number of nitrogens with two attached hydrogens (primary N) is 1. The summed E-state index contributed by atoms with van der Waals surface area (Å²) in [4.78, 5) is 30.6. The first kappa shape index (κ1) is 27.6. The van der Waals surface area contributed by atoms with Gasteiger partial charge in [-0.1, -0.05) is 18.7 Å². The zero-order valence-electron chi connectivity index (χ0n) is 22.0. The highest BCUT2D eigenvalue weighted by molar-refractivity contribution is 6.01. The molecule has 1 aromatic carbocycles. The number of nitrogens with one attached hydrogen (secondary N) is 1. The number of morpholine rings is 1. The van der Waals surface area contributed by atoms with Gasteiger partial charge in [-0.25, -0.2) is 4.39 Å². The summed E-state index contributed by atoms with van der Waals surface area (Å²) in [6.07, 6.45) is 9.31. The molecule has 10 heteroatoms. The van der Waals surface area contributed by atoms with Crippen LogP contribution in [0.25, 0.3) is 16.6 Å². The van der Waals surface area contributed by atoms with Crippen molar-refractivity contribution in [2.45, 2.75) is 19.4 Å². The summed E-state index contributed by atoms with van der Waals surface area (Å²) < 4.78 is 28.6. The van der Waals surface area contributed by atoms with Crippen molar-refractivity contribution >= 4 is 28.2 Å². The molecule has 1 aromatic heterocycles. The number of nitrogens with zero attached hydrogens (tertiary/aromatic N) is 3. The molecule has 0 bridgehead atoms. The van der Waals surface area contributed by atoms with Gasteiger partial charge in [-0.2, -0.15) is 0 Å². The molecule has 2 aliphatic heterocycles. The van der Waals surface area contributed by atoms with Crippen molar-refractivity contribution in [2.75, 3.05) is 64.5 Å². The second-order valence-electron chi connectivity index (χ2n) is 9.69. The van der Waals surface area contributed by atoms with E-state index in [0.29, 0.717) is 37.5 Å². The molecule has 1 saturated heterocycles. The number of hydrogen-bond acceptors (Lipinski definition) is 7. The lowest BCUT2D eigenvalue weighted by Crippen LogP contribution is -2.38. The molecule has 38 heavy (non-hydrogen) atoms. The van der Waals surface area contributed by atoms with Gasteiger partial charge in [-0.15, -0.1) is 0 Å². The smallest absolute Gasteiger partial charge is 0.256 e. The lowest BCUT2D eigenvalue weighted by molar-refractivity contribution is 0.0374. The van der Waals surface area contributed by atoms with Gasteiger partial charge in [0.1, 0.15) is 23.4 Å². The Kier molecular flexibility index (Phi) is 8.98. The van der Waals surface area contributed by atoms with Gasteiger partial charge in [0.05, 0.1) is 18.6 Å². The van der Waals surface area contributed by atoms with E-state index < -0.39 is 17.2 Å². The minimum atomic E-state index is -0.635. The molecule has 2 aliphatic rings. The summed E-state index contributed by atoms with van der Waals surface area (Å²) in [6.45, 7) is 10.9. The summed E-state index contributed by atoms with van der Waals surface area (Å²) in [5, 5.41) is 2.88. The zero-order chi connectivity index (χ0) is 27.2. The Morgan fingerprint density at radius 1 is 1.32 bits per heavy atom. The zero-order valence-corrected chi connectivity index (χ0v) is 22.0. The predicted molar refractivity (Wildman–Crippen MR) is 148 cm³/mol. The second-order valence-corrected chi connectivity index (χ2v) is 9.69. The molecule has 9 nitrogen and oxygen atoms in total. The maximum Gasteiger partial charge on any atom is 0.256 e. The lowest BCUT2D eigenvalue weighted by Gasteiger charge is -2.27. The van der Waals surface area contributed by atoms with Crippen LogP contribution in [0.2, 0.25) is 0 Å². The molecule has 2 aromatic rings. The van der Waals surface area contributed by atoms with Gasteiger partial charge < -0.3 is 30.0 Å². The van der Waals surface area contributed by atoms with Crippen LogP contribution in [-0.4, -0.2) is 81.0 Å². The third-order valence-electron chi connectivity index (χ3n) is 6.57. The average Bonchev–Trinajstić information content (AvgIpc) is 2.88. The summed E-state index contributed by atoms with van der Waals surface area (Å²) in [6, 6.07) is 0.943. The fourth-order valence-electron chi connectivity index (χ4n) is 4.76. The van der Waals surface area contributed by atoms with E-state index in [1.165, 1.54) is 12.3 Å². The highest BCUT2D eigenvalue weighted by Gasteiger charge is 2.26. The van der Waals surface area contributed by atoms with E-state index in [-0.39, 0.29) is 35.0 Å². The Hall–Kier alpha value is -3.47. The molecule has 0 radical (unpaired) electrons. The molecule has 1 fully saturated rings. The fourth-order valence-corrected chi connectivity index (χ4v) is 4.76. The van der Waals surface area contributed by atoms with Gasteiger partial charge in [-0.3, -0.25) is 14.5 Å². The fraction of sp³-hybridized carbons (Fsp3) is 0.429. The number of likely N-dealkylation sites (N-methyl/N-ethyl adjacent to an activating group) is 1. The first-order valence-electron chi connectivity index (χ1n) is 12.9. The number of amides is 1. The second kappa shape index (κ2) is 12.4. The van der Waals surface area contributed by atoms with Crippen LogP contribution in [0.3, 0.4) is 0 Å². The minimum absolute atomic E-state index is 0.0375. The Morgan fingerprint density at radius 2 is 2.08 bits per heavy atom. The Balaban J connectivity index is 1.74. The number of carbonyl (C=O) groups is 1. The molecule has 0 aliphatic carbocycles. The standard InChI is InChI=1S/C28H36FN5O4/c1-19(30)17-32(3)25-23(29)16-21-24-27(25)38-13-6-4-5-8-20(2)34(24)18-22(26(21)35)28(36)31-9-7-10-33-11-14-37-15-12-33/h4-6,8,16,18-19H,2,7,9-15,17,30H2,1,3H3,(H,31,36)/b6-4-,8-5-. The average molecular weight is 526 g/mol. The number of anilines is 1. The van der Waals surface area contributed by atoms with Crippen molar-refractivity contribution in [3.8, 4) is 5.75 Å². The van der Waals surface area contributed by atoms with E-state index >= 15 is 4.39 Å². The SMILES string of the molecule is C=C1/C=C\C=C/COc2c(N(C)CC(C)N)c(F)cc3c(=O)c(C(=O)NCCCN4CCOCC4)cn1c23. The van der Waals surface area contributed by atoms with Crippen LogP contribution in [0, 0.1) is 5.82 Å². The highest BCUT2D eigenvalue weighted by atomic mass is 19.1. The molecular formula is C28H36FN5O4. The van der Waals surface area contributed by atoms with Crippen LogP contribution >= 0.6 is 0 Å². The number of carbonyl (C=O) groups excluding carboxylic acids is 1. The van der Waals surface area contributed by atoms with E-state index in [2.05, 4.69) is 16.8 Å². The largest absolute Gasteiger partial charge is 0.485 e. The molecule has 1 atom stereocenters. The third-order valence-corrected chi connectivity index (χ3v) is 6.57. The van der Waals surface area contributed by atoms with Crippen molar-refractivity contribution in [2.24, 2.45) is 5.73 Å². The number of rotatable bonds is 8. The molecule has 4 rings (SSSR count). The predicted octanol–water partition coefficient (Wildman–Crippen LogP) is 2.35. The molecule has 3 N–H and O–H groups in total. The minimum Gasteiger partial charge on any atom is -0.485 e. The number of pyridine rings is 1. The number of aromatic nitrogens is 1. The van der Waals surface area contributed by atoms with Crippen LogP contribution in [0.5, 0.6) is 5.75 Å². The number of ether oxygens (including phenoxy) is 2. The maximum absolute atomic E-state index is 15.6. The van der Waals surface area contributed by atoms with Crippen molar-refractivity contribution < 1.29 is 18.7 Å². The quantitative estimate of drug-likeness (QED) is 0.510. The van der Waals surface area contributed by atoms with Crippen LogP contribution in [0.4, 0.5) is 10.1 Å². The van der Waals surface area contributed by atoms with Crippen LogP contribution < -0.4 is 26.1 Å². The Morgan fingerprint density at radius 3 is 2.82 bits per heavy atom. The van der Waals surface area contributed by atoms with E-state index in [4.69, 9.17) is 15.2 Å². The molecule has 0 spiro atoms. The van der Waals surface area contributed by atoms with Crippen molar-refractivity contribution in [1.82, 2.24) is 14.8 Å². The summed E-state index contributed by atoms with van der Waals surface area (Å²) in [5.41, 5.74) is 6.33. The van der Waals surface area contributed by atoms with E-state index in [9.17, 15) is 9.59 Å². The molecular weight excluding hydrogens is 489 g/mol. The van der Waals surface area contributed by atoms with Gasteiger partial charge in [0.25, 0.3) is 5.91 Å². The summed E-state index contributed by atoms with van der Waals surface area (Å²) in [5.74, 6) is -0.958. The number of benzene rings is 1. The Labute approximate surface area is 222 Å². The van der Waals surface area contributed by atoms with Gasteiger partial charge >= 0.3 is 0 Å². The first-order valence-corrected chi connectivity index (χ1v) is 12.9. The van der Waals surface area contributed by atoms with Gasteiger partial charge in [0, 0.05) is 51.2 Å². The molecule has 1 unspecified atom stereocenters. The van der Waals surface area contributed by atoms with Crippen LogP contribution in [0.15, 0.2) is 47.9 Å².